The molecule has 2 heterocycles. The van der Waals surface area contributed by atoms with Crippen LogP contribution in [0.5, 0.6) is 0 Å². The van der Waals surface area contributed by atoms with E-state index in [1.54, 1.807) is 34.2 Å². The van der Waals surface area contributed by atoms with E-state index in [4.69, 9.17) is 23.2 Å². The molecule has 2 aromatic heterocycles. The average molecular weight is 365 g/mol. The number of aryl methyl sites for hydroxylation is 1. The lowest BCUT2D eigenvalue weighted by Gasteiger charge is -2.08. The van der Waals surface area contributed by atoms with Gasteiger partial charge in [-0.25, -0.2) is 9.48 Å². The topological polar surface area (TPSA) is 55.1 Å². The Hall–Kier alpha value is -1.82. The summed E-state index contributed by atoms with van der Waals surface area (Å²) in [6.07, 6.45) is 0.590. The molecule has 0 saturated heterocycles. The fraction of sp³-hybridized carbons (Fsp3) is 0.125. The van der Waals surface area contributed by atoms with Crippen LogP contribution >= 0.6 is 34.5 Å². The largest absolute Gasteiger partial charge is 0.476 e. The second-order valence-electron chi connectivity index (χ2n) is 5.39. The Morgan fingerprint density at radius 1 is 1.35 bits per heavy atom. The van der Waals surface area contributed by atoms with Crippen LogP contribution in [0.4, 0.5) is 0 Å². The third kappa shape index (κ3) is 2.11. The SMILES string of the molecule is Cc1csc2c1Cc1c(C(=O)O)nn(-c3ccc(Cl)cc3Cl)c1-2. The van der Waals surface area contributed by atoms with E-state index in [1.807, 2.05) is 6.92 Å². The van der Waals surface area contributed by atoms with Crippen molar-refractivity contribution >= 4 is 40.5 Å². The summed E-state index contributed by atoms with van der Waals surface area (Å²) < 4.78 is 1.62. The van der Waals surface area contributed by atoms with Gasteiger partial charge in [-0.1, -0.05) is 23.2 Å². The van der Waals surface area contributed by atoms with Crippen molar-refractivity contribution in [3.05, 3.63) is 56.0 Å². The minimum absolute atomic E-state index is 0.0776. The number of nitrogens with zero attached hydrogens (tertiary/aromatic N) is 2. The van der Waals surface area contributed by atoms with Gasteiger partial charge in [-0.3, -0.25) is 0 Å². The number of rotatable bonds is 2. The van der Waals surface area contributed by atoms with Crippen LogP contribution in [0.15, 0.2) is 23.6 Å². The Labute approximate surface area is 145 Å². The normalized spacial score (nSPS) is 12.3. The van der Waals surface area contributed by atoms with Gasteiger partial charge < -0.3 is 5.11 Å². The molecular weight excluding hydrogens is 355 g/mol. The van der Waals surface area contributed by atoms with Crippen LogP contribution < -0.4 is 0 Å². The third-order valence-corrected chi connectivity index (χ3v) is 5.68. The van der Waals surface area contributed by atoms with Gasteiger partial charge in [0.25, 0.3) is 0 Å². The average Bonchev–Trinajstić information content (AvgIpc) is 3.11. The second kappa shape index (κ2) is 5.09. The number of aromatic nitrogens is 2. The highest BCUT2D eigenvalue weighted by atomic mass is 35.5. The van der Waals surface area contributed by atoms with Gasteiger partial charge in [0.15, 0.2) is 5.69 Å². The van der Waals surface area contributed by atoms with Crippen molar-refractivity contribution in [1.29, 1.82) is 0 Å². The van der Waals surface area contributed by atoms with Gasteiger partial charge in [-0.05, 0) is 41.6 Å². The summed E-state index contributed by atoms with van der Waals surface area (Å²) in [5, 5.41) is 16.8. The monoisotopic (exact) mass is 364 g/mol. The molecule has 0 saturated carbocycles. The molecule has 23 heavy (non-hydrogen) atoms. The predicted octanol–water partition coefficient (Wildman–Crippen LogP) is 4.82. The second-order valence-corrected chi connectivity index (χ2v) is 7.11. The van der Waals surface area contributed by atoms with Gasteiger partial charge in [0.2, 0.25) is 0 Å². The molecule has 0 spiro atoms. The zero-order valence-electron chi connectivity index (χ0n) is 11.9. The van der Waals surface area contributed by atoms with Crippen molar-refractivity contribution in [1.82, 2.24) is 9.78 Å². The van der Waals surface area contributed by atoms with Crippen LogP contribution in [-0.4, -0.2) is 20.9 Å². The standard InChI is InChI=1S/C16H10Cl2N2O2S/c1-7-6-23-15-9(7)5-10-13(16(21)22)19-20(14(10)15)12-3-2-8(17)4-11(12)18/h2-4,6H,5H2,1H3,(H,21,22). The third-order valence-electron chi connectivity index (χ3n) is 4.00. The zero-order chi connectivity index (χ0) is 16.3. The van der Waals surface area contributed by atoms with Gasteiger partial charge in [0.1, 0.15) is 0 Å². The fourth-order valence-corrected chi connectivity index (χ4v) is 4.54. The number of carbonyl (C=O) groups is 1. The number of aromatic carboxylic acids is 1. The fourth-order valence-electron chi connectivity index (χ4n) is 2.91. The van der Waals surface area contributed by atoms with Gasteiger partial charge in [-0.2, -0.15) is 5.10 Å². The van der Waals surface area contributed by atoms with E-state index in [2.05, 4.69) is 10.5 Å². The highest BCUT2D eigenvalue weighted by molar-refractivity contribution is 7.14. The van der Waals surface area contributed by atoms with Crippen LogP contribution in [0.25, 0.3) is 16.3 Å². The van der Waals surface area contributed by atoms with E-state index >= 15 is 0 Å². The summed E-state index contributed by atoms with van der Waals surface area (Å²) >= 11 is 13.9. The van der Waals surface area contributed by atoms with Gasteiger partial charge in [0, 0.05) is 17.0 Å². The van der Waals surface area contributed by atoms with Crippen molar-refractivity contribution in [2.75, 3.05) is 0 Å². The summed E-state index contributed by atoms with van der Waals surface area (Å²) in [6.45, 7) is 2.04. The molecule has 1 aliphatic rings. The number of halogens is 2. The molecule has 0 unspecified atom stereocenters. The molecule has 1 N–H and O–H groups in total. The van der Waals surface area contributed by atoms with E-state index in [0.717, 1.165) is 16.1 Å². The number of fused-ring (bicyclic) bond motifs is 3. The first-order valence-electron chi connectivity index (χ1n) is 6.85. The molecular formula is C16H10Cl2N2O2S. The number of hydrogen-bond acceptors (Lipinski definition) is 3. The number of benzene rings is 1. The quantitative estimate of drug-likeness (QED) is 0.554. The molecule has 3 aromatic rings. The summed E-state index contributed by atoms with van der Waals surface area (Å²) in [6, 6.07) is 5.09. The highest BCUT2D eigenvalue weighted by Gasteiger charge is 2.33. The molecule has 0 aliphatic heterocycles. The number of carboxylic acid groups (broad SMARTS) is 1. The van der Waals surface area contributed by atoms with Crippen molar-refractivity contribution in [2.24, 2.45) is 0 Å². The minimum atomic E-state index is -1.03. The zero-order valence-corrected chi connectivity index (χ0v) is 14.3. The molecule has 0 bridgehead atoms. The highest BCUT2D eigenvalue weighted by Crippen LogP contribution is 2.45. The van der Waals surface area contributed by atoms with E-state index < -0.39 is 5.97 Å². The summed E-state index contributed by atoms with van der Waals surface area (Å²) in [5.74, 6) is -1.03. The Kier molecular flexibility index (Phi) is 3.27. The lowest BCUT2D eigenvalue weighted by Crippen LogP contribution is -2.04. The lowest BCUT2D eigenvalue weighted by molar-refractivity contribution is 0.0689. The maximum absolute atomic E-state index is 11.6. The molecule has 1 aromatic carbocycles. The first-order chi connectivity index (χ1) is 11.0. The summed E-state index contributed by atoms with van der Waals surface area (Å²) in [5.41, 5.74) is 4.61. The molecule has 0 amide bonds. The van der Waals surface area contributed by atoms with E-state index in [1.165, 1.54) is 11.1 Å². The molecule has 4 nitrogen and oxygen atoms in total. The molecule has 0 atom stereocenters. The Morgan fingerprint density at radius 2 is 2.13 bits per heavy atom. The van der Waals surface area contributed by atoms with Crippen LogP contribution in [0.3, 0.4) is 0 Å². The number of hydrogen-bond donors (Lipinski definition) is 1. The molecule has 4 rings (SSSR count). The van der Waals surface area contributed by atoms with E-state index in [9.17, 15) is 9.90 Å². The van der Waals surface area contributed by atoms with Crippen LogP contribution in [0.2, 0.25) is 10.0 Å². The van der Waals surface area contributed by atoms with Crippen molar-refractivity contribution in [3.63, 3.8) is 0 Å². The Morgan fingerprint density at radius 3 is 2.83 bits per heavy atom. The minimum Gasteiger partial charge on any atom is -0.476 e. The van der Waals surface area contributed by atoms with E-state index in [0.29, 0.717) is 22.2 Å². The summed E-state index contributed by atoms with van der Waals surface area (Å²) in [4.78, 5) is 12.6. The molecule has 0 radical (unpaired) electrons. The van der Waals surface area contributed by atoms with Gasteiger partial charge in [-0.15, -0.1) is 11.3 Å². The number of carboxylic acids is 1. The molecule has 116 valence electrons. The van der Waals surface area contributed by atoms with Crippen LogP contribution in [0, 0.1) is 6.92 Å². The smallest absolute Gasteiger partial charge is 0.356 e. The maximum atomic E-state index is 11.6. The molecule has 1 aliphatic carbocycles. The molecule has 0 fully saturated rings. The van der Waals surface area contributed by atoms with Gasteiger partial charge >= 0.3 is 5.97 Å². The predicted molar refractivity (Wildman–Crippen MR) is 91.4 cm³/mol. The van der Waals surface area contributed by atoms with Crippen LogP contribution in [-0.2, 0) is 6.42 Å². The van der Waals surface area contributed by atoms with E-state index in [-0.39, 0.29) is 5.69 Å². The van der Waals surface area contributed by atoms with Crippen molar-refractivity contribution in [3.8, 4) is 16.3 Å². The Balaban J connectivity index is 2.03. The van der Waals surface area contributed by atoms with Crippen molar-refractivity contribution < 1.29 is 9.90 Å². The Bertz CT molecular complexity index is 975. The molecule has 7 heteroatoms. The lowest BCUT2D eigenvalue weighted by atomic mass is 10.1. The first kappa shape index (κ1) is 14.8. The van der Waals surface area contributed by atoms with Crippen LogP contribution in [0.1, 0.15) is 27.2 Å². The maximum Gasteiger partial charge on any atom is 0.356 e. The first-order valence-corrected chi connectivity index (χ1v) is 8.49. The van der Waals surface area contributed by atoms with Crippen molar-refractivity contribution in [2.45, 2.75) is 13.3 Å². The summed E-state index contributed by atoms with van der Waals surface area (Å²) in [7, 11) is 0. The van der Waals surface area contributed by atoms with Gasteiger partial charge in [0.05, 0.1) is 21.3 Å². The number of thiophene rings is 1.